The molecule has 3 N–H and O–H groups in total. The first-order valence-corrected chi connectivity index (χ1v) is 6.89. The summed E-state index contributed by atoms with van der Waals surface area (Å²) < 4.78 is 7.25. The number of benzene rings is 1. The summed E-state index contributed by atoms with van der Waals surface area (Å²) in [7, 11) is 1.58. The van der Waals surface area contributed by atoms with Gasteiger partial charge in [0.1, 0.15) is 5.75 Å². The fourth-order valence-electron chi connectivity index (χ4n) is 2.48. The first-order chi connectivity index (χ1) is 9.97. The third kappa shape index (κ3) is 3.36. The number of nitrogens with zero attached hydrogens (tertiary/aromatic N) is 1. The monoisotopic (exact) mass is 323 g/mol. The van der Waals surface area contributed by atoms with Crippen molar-refractivity contribution in [3.8, 4) is 5.75 Å². The molecule has 0 saturated heterocycles. The maximum atomic E-state index is 12.4. The van der Waals surface area contributed by atoms with Crippen LogP contribution in [0.5, 0.6) is 5.75 Å². The average molecular weight is 324 g/mol. The van der Waals surface area contributed by atoms with Crippen LogP contribution in [0.1, 0.15) is 28.7 Å². The summed E-state index contributed by atoms with van der Waals surface area (Å²) in [5.74, 6) is 0.487. The van der Waals surface area contributed by atoms with Gasteiger partial charge in [-0.05, 0) is 39.0 Å². The number of rotatable bonds is 4. The Kier molecular flexibility index (Phi) is 5.88. The predicted molar refractivity (Wildman–Crippen MR) is 92.2 cm³/mol. The number of amides is 1. The topological polar surface area (TPSA) is 69.3 Å². The molecule has 5 nitrogen and oxygen atoms in total. The number of hydrogen-bond donors (Lipinski definition) is 2. The van der Waals surface area contributed by atoms with Crippen molar-refractivity contribution < 1.29 is 9.53 Å². The van der Waals surface area contributed by atoms with Crippen molar-refractivity contribution in [1.29, 1.82) is 0 Å². The van der Waals surface area contributed by atoms with Crippen LogP contribution in [-0.4, -0.2) is 17.6 Å². The number of methoxy groups -OCH3 is 1. The van der Waals surface area contributed by atoms with E-state index in [0.29, 0.717) is 22.7 Å². The highest BCUT2D eigenvalue weighted by Crippen LogP contribution is 2.25. The van der Waals surface area contributed by atoms with Crippen molar-refractivity contribution >= 4 is 29.7 Å². The van der Waals surface area contributed by atoms with Crippen LogP contribution in [0.3, 0.4) is 0 Å². The van der Waals surface area contributed by atoms with E-state index in [0.717, 1.165) is 17.9 Å². The standard InChI is InChI=1S/C16H21N3O2.ClH/c1-5-19-10(2)8-13(11(19)3)16(20)18-15-9-12(21-4)6-7-14(15)17;/h6-9H,5,17H2,1-4H3,(H,18,20);1H. The van der Waals surface area contributed by atoms with Gasteiger partial charge in [-0.1, -0.05) is 0 Å². The van der Waals surface area contributed by atoms with E-state index in [1.54, 1.807) is 25.3 Å². The largest absolute Gasteiger partial charge is 0.497 e. The molecule has 0 bridgehead atoms. The van der Waals surface area contributed by atoms with Gasteiger partial charge in [-0.2, -0.15) is 0 Å². The molecule has 120 valence electrons. The summed E-state index contributed by atoms with van der Waals surface area (Å²) in [5.41, 5.74) is 9.64. The molecule has 0 atom stereocenters. The predicted octanol–water partition coefficient (Wildman–Crippen LogP) is 3.39. The highest BCUT2D eigenvalue weighted by Gasteiger charge is 2.16. The van der Waals surface area contributed by atoms with Crippen LogP contribution >= 0.6 is 12.4 Å². The van der Waals surface area contributed by atoms with Gasteiger partial charge >= 0.3 is 0 Å². The second-order valence-corrected chi connectivity index (χ2v) is 4.94. The number of ether oxygens (including phenoxy) is 1. The SMILES string of the molecule is CCn1c(C)cc(C(=O)Nc2cc(OC)ccc2N)c1C.Cl. The number of nitrogen functional groups attached to an aromatic ring is 1. The molecule has 0 spiro atoms. The summed E-state index contributed by atoms with van der Waals surface area (Å²) in [6, 6.07) is 7.08. The molecular formula is C16H22ClN3O2. The molecular weight excluding hydrogens is 302 g/mol. The Balaban J connectivity index is 0.00000242. The summed E-state index contributed by atoms with van der Waals surface area (Å²) in [6.07, 6.45) is 0. The fraction of sp³-hybridized carbons (Fsp3) is 0.312. The van der Waals surface area contributed by atoms with E-state index in [1.165, 1.54) is 0 Å². The van der Waals surface area contributed by atoms with Crippen molar-refractivity contribution in [3.63, 3.8) is 0 Å². The Morgan fingerprint density at radius 2 is 2.00 bits per heavy atom. The Labute approximate surface area is 136 Å². The Hall–Kier alpha value is -2.14. The van der Waals surface area contributed by atoms with Crippen molar-refractivity contribution in [2.45, 2.75) is 27.3 Å². The van der Waals surface area contributed by atoms with E-state index in [9.17, 15) is 4.79 Å². The number of halogens is 1. The first kappa shape index (κ1) is 17.9. The van der Waals surface area contributed by atoms with Gasteiger partial charge in [-0.25, -0.2) is 0 Å². The molecule has 22 heavy (non-hydrogen) atoms. The first-order valence-electron chi connectivity index (χ1n) is 6.89. The molecule has 0 unspecified atom stereocenters. The molecule has 0 aliphatic heterocycles. The second kappa shape index (κ2) is 7.22. The third-order valence-corrected chi connectivity index (χ3v) is 3.64. The molecule has 0 aliphatic carbocycles. The number of anilines is 2. The number of aromatic nitrogens is 1. The maximum Gasteiger partial charge on any atom is 0.257 e. The van der Waals surface area contributed by atoms with E-state index in [-0.39, 0.29) is 18.3 Å². The average Bonchev–Trinajstić information content (AvgIpc) is 2.75. The molecule has 1 aromatic carbocycles. The quantitative estimate of drug-likeness (QED) is 0.847. The molecule has 2 rings (SSSR count). The van der Waals surface area contributed by atoms with E-state index < -0.39 is 0 Å². The van der Waals surface area contributed by atoms with Gasteiger partial charge in [0.15, 0.2) is 0 Å². The smallest absolute Gasteiger partial charge is 0.257 e. The fourth-order valence-corrected chi connectivity index (χ4v) is 2.48. The molecule has 0 fully saturated rings. The minimum absolute atomic E-state index is 0. The number of aryl methyl sites for hydroxylation is 1. The Morgan fingerprint density at radius 1 is 1.32 bits per heavy atom. The van der Waals surface area contributed by atoms with Crippen LogP contribution in [0, 0.1) is 13.8 Å². The van der Waals surface area contributed by atoms with E-state index >= 15 is 0 Å². The van der Waals surface area contributed by atoms with Gasteiger partial charge in [-0.15, -0.1) is 12.4 Å². The number of nitrogens with two attached hydrogens (primary N) is 1. The van der Waals surface area contributed by atoms with Crippen LogP contribution in [0.4, 0.5) is 11.4 Å². The lowest BCUT2D eigenvalue weighted by Gasteiger charge is -2.10. The number of carbonyl (C=O) groups excluding carboxylic acids is 1. The number of hydrogen-bond acceptors (Lipinski definition) is 3. The minimum Gasteiger partial charge on any atom is -0.497 e. The van der Waals surface area contributed by atoms with Gasteiger partial charge in [0.2, 0.25) is 0 Å². The Morgan fingerprint density at radius 3 is 2.55 bits per heavy atom. The molecule has 1 amide bonds. The normalized spacial score (nSPS) is 10.0. The van der Waals surface area contributed by atoms with Crippen molar-refractivity contribution in [2.75, 3.05) is 18.2 Å². The Bertz CT molecular complexity index is 680. The van der Waals surface area contributed by atoms with Crippen molar-refractivity contribution in [1.82, 2.24) is 4.57 Å². The molecule has 6 heteroatoms. The summed E-state index contributed by atoms with van der Waals surface area (Å²) in [6.45, 7) is 6.83. The lowest BCUT2D eigenvalue weighted by molar-refractivity contribution is 0.102. The van der Waals surface area contributed by atoms with Gasteiger partial charge in [0.25, 0.3) is 5.91 Å². The van der Waals surface area contributed by atoms with Gasteiger partial charge in [-0.3, -0.25) is 4.79 Å². The molecule has 2 aromatic rings. The van der Waals surface area contributed by atoms with E-state index in [1.807, 2.05) is 19.9 Å². The van der Waals surface area contributed by atoms with Crippen LogP contribution in [-0.2, 0) is 6.54 Å². The zero-order chi connectivity index (χ0) is 15.6. The number of nitrogens with one attached hydrogen (secondary N) is 1. The summed E-state index contributed by atoms with van der Waals surface area (Å²) in [5, 5.41) is 2.85. The van der Waals surface area contributed by atoms with Crippen molar-refractivity contribution in [2.24, 2.45) is 0 Å². The van der Waals surface area contributed by atoms with Crippen molar-refractivity contribution in [3.05, 3.63) is 41.2 Å². The third-order valence-electron chi connectivity index (χ3n) is 3.64. The zero-order valence-electron chi connectivity index (χ0n) is 13.3. The molecule has 0 saturated carbocycles. The highest BCUT2D eigenvalue weighted by molar-refractivity contribution is 6.06. The zero-order valence-corrected chi connectivity index (χ0v) is 14.1. The summed E-state index contributed by atoms with van der Waals surface area (Å²) in [4.78, 5) is 12.4. The van der Waals surface area contributed by atoms with E-state index in [2.05, 4.69) is 16.8 Å². The summed E-state index contributed by atoms with van der Waals surface area (Å²) >= 11 is 0. The van der Waals surface area contributed by atoms with Gasteiger partial charge < -0.3 is 20.4 Å². The highest BCUT2D eigenvalue weighted by atomic mass is 35.5. The molecule has 0 aliphatic rings. The van der Waals surface area contributed by atoms with Crippen LogP contribution in [0.25, 0.3) is 0 Å². The lowest BCUT2D eigenvalue weighted by atomic mass is 10.2. The number of carbonyl (C=O) groups is 1. The van der Waals surface area contributed by atoms with Gasteiger partial charge in [0.05, 0.1) is 24.0 Å². The van der Waals surface area contributed by atoms with Gasteiger partial charge in [0, 0.05) is 24.0 Å². The molecule has 1 aromatic heterocycles. The lowest BCUT2D eigenvalue weighted by Crippen LogP contribution is -2.14. The maximum absolute atomic E-state index is 12.4. The van der Waals surface area contributed by atoms with Crippen LogP contribution in [0.2, 0.25) is 0 Å². The molecule has 1 heterocycles. The van der Waals surface area contributed by atoms with E-state index in [4.69, 9.17) is 10.5 Å². The van der Waals surface area contributed by atoms with Crippen LogP contribution < -0.4 is 15.8 Å². The second-order valence-electron chi connectivity index (χ2n) is 4.94. The minimum atomic E-state index is -0.164. The molecule has 0 radical (unpaired) electrons. The van der Waals surface area contributed by atoms with Crippen LogP contribution in [0.15, 0.2) is 24.3 Å².